The predicted molar refractivity (Wildman–Crippen MR) is 80.4 cm³/mol. The number of nitrogens with two attached hydrogens (primary N) is 1. The number of hydrogen-bond acceptors (Lipinski definition) is 1. The van der Waals surface area contributed by atoms with E-state index >= 15 is 0 Å². The lowest BCUT2D eigenvalue weighted by atomic mass is 9.92. The van der Waals surface area contributed by atoms with Gasteiger partial charge >= 0.3 is 0 Å². The summed E-state index contributed by atoms with van der Waals surface area (Å²) in [6, 6.07) is 15.4. The molecule has 19 heavy (non-hydrogen) atoms. The van der Waals surface area contributed by atoms with Gasteiger partial charge in [-0.2, -0.15) is 0 Å². The second kappa shape index (κ2) is 4.82. The molecular weight excluding hydrogens is 230 g/mol. The second-order valence-corrected chi connectivity index (χ2v) is 5.79. The van der Waals surface area contributed by atoms with Crippen LogP contribution in [0.15, 0.2) is 42.5 Å². The molecule has 3 rings (SSSR count). The van der Waals surface area contributed by atoms with Crippen molar-refractivity contribution < 1.29 is 0 Å². The van der Waals surface area contributed by atoms with Crippen LogP contribution in [-0.4, -0.2) is 0 Å². The molecule has 98 valence electrons. The Bertz CT molecular complexity index is 598. The number of aryl methyl sites for hydroxylation is 2. The smallest absolute Gasteiger partial charge is 0.0557 e. The van der Waals surface area contributed by atoms with E-state index in [0.29, 0.717) is 5.92 Å². The average molecular weight is 251 g/mol. The first kappa shape index (κ1) is 12.4. The van der Waals surface area contributed by atoms with Crippen LogP contribution in [0.2, 0.25) is 0 Å². The van der Waals surface area contributed by atoms with Crippen LogP contribution in [0, 0.1) is 0 Å². The predicted octanol–water partition coefficient (Wildman–Crippen LogP) is 3.96. The first-order valence-corrected chi connectivity index (χ1v) is 7.13. The third-order valence-electron chi connectivity index (χ3n) is 4.22. The molecule has 0 bridgehead atoms. The minimum atomic E-state index is 0.0231. The molecule has 1 atom stereocenters. The lowest BCUT2D eigenvalue weighted by Crippen LogP contribution is -2.13. The second-order valence-electron chi connectivity index (χ2n) is 5.79. The molecule has 0 spiro atoms. The summed E-state index contributed by atoms with van der Waals surface area (Å²) >= 11 is 0. The summed E-state index contributed by atoms with van der Waals surface area (Å²) in [6.07, 6.45) is 2.19. The Morgan fingerprint density at radius 1 is 0.947 bits per heavy atom. The van der Waals surface area contributed by atoms with Gasteiger partial charge in [-0.1, -0.05) is 56.3 Å². The molecular formula is C18H21N. The van der Waals surface area contributed by atoms with E-state index in [1.54, 1.807) is 0 Å². The van der Waals surface area contributed by atoms with Crippen LogP contribution >= 0.6 is 0 Å². The highest BCUT2D eigenvalue weighted by molar-refractivity contribution is 5.45. The minimum absolute atomic E-state index is 0.0231. The SMILES string of the molecule is CC(C)c1ccc2c(c1)CCc1ccccc1C2N. The van der Waals surface area contributed by atoms with Gasteiger partial charge in [0.05, 0.1) is 6.04 Å². The zero-order valence-corrected chi connectivity index (χ0v) is 11.7. The Morgan fingerprint density at radius 2 is 1.63 bits per heavy atom. The summed E-state index contributed by atoms with van der Waals surface area (Å²) in [5.41, 5.74) is 13.3. The van der Waals surface area contributed by atoms with E-state index in [9.17, 15) is 0 Å². The third-order valence-corrected chi connectivity index (χ3v) is 4.22. The van der Waals surface area contributed by atoms with Crippen LogP contribution in [0.4, 0.5) is 0 Å². The summed E-state index contributed by atoms with van der Waals surface area (Å²) in [6.45, 7) is 4.49. The number of hydrogen-bond donors (Lipinski definition) is 1. The highest BCUT2D eigenvalue weighted by atomic mass is 14.6. The van der Waals surface area contributed by atoms with Crippen molar-refractivity contribution in [2.24, 2.45) is 5.73 Å². The maximum Gasteiger partial charge on any atom is 0.0557 e. The topological polar surface area (TPSA) is 26.0 Å². The summed E-state index contributed by atoms with van der Waals surface area (Å²) < 4.78 is 0. The molecule has 0 radical (unpaired) electrons. The Hall–Kier alpha value is -1.60. The summed E-state index contributed by atoms with van der Waals surface area (Å²) in [5.74, 6) is 0.576. The summed E-state index contributed by atoms with van der Waals surface area (Å²) in [4.78, 5) is 0. The van der Waals surface area contributed by atoms with Crippen LogP contribution in [0.3, 0.4) is 0 Å². The maximum absolute atomic E-state index is 6.48. The Kier molecular flexibility index (Phi) is 3.16. The highest BCUT2D eigenvalue weighted by Crippen LogP contribution is 2.32. The molecule has 0 saturated carbocycles. The molecule has 0 aliphatic heterocycles. The van der Waals surface area contributed by atoms with E-state index in [0.717, 1.165) is 12.8 Å². The van der Waals surface area contributed by atoms with Crippen molar-refractivity contribution in [2.45, 2.75) is 38.6 Å². The molecule has 2 aromatic carbocycles. The van der Waals surface area contributed by atoms with Gasteiger partial charge < -0.3 is 5.73 Å². The zero-order valence-electron chi connectivity index (χ0n) is 11.7. The molecule has 2 aromatic rings. The van der Waals surface area contributed by atoms with E-state index in [1.165, 1.54) is 27.8 Å². The van der Waals surface area contributed by atoms with Crippen molar-refractivity contribution in [3.63, 3.8) is 0 Å². The van der Waals surface area contributed by atoms with Crippen molar-refractivity contribution in [1.29, 1.82) is 0 Å². The van der Waals surface area contributed by atoms with E-state index in [-0.39, 0.29) is 6.04 Å². The van der Waals surface area contributed by atoms with Gasteiger partial charge in [-0.15, -0.1) is 0 Å². The van der Waals surface area contributed by atoms with Gasteiger partial charge in [0, 0.05) is 0 Å². The van der Waals surface area contributed by atoms with Gasteiger partial charge in [0.2, 0.25) is 0 Å². The number of fused-ring (bicyclic) bond motifs is 2. The number of rotatable bonds is 1. The standard InChI is InChI=1S/C18H21N/c1-12(2)14-9-10-17-15(11-14)8-7-13-5-3-4-6-16(13)18(17)19/h3-6,9-12,18H,7-8,19H2,1-2H3. The van der Waals surface area contributed by atoms with Gasteiger partial charge in [-0.3, -0.25) is 0 Å². The number of benzene rings is 2. The van der Waals surface area contributed by atoms with E-state index in [2.05, 4.69) is 56.3 Å². The van der Waals surface area contributed by atoms with Crippen molar-refractivity contribution in [2.75, 3.05) is 0 Å². The fraction of sp³-hybridized carbons (Fsp3) is 0.333. The molecule has 1 aliphatic rings. The monoisotopic (exact) mass is 251 g/mol. The maximum atomic E-state index is 6.48. The fourth-order valence-electron chi connectivity index (χ4n) is 3.01. The average Bonchev–Trinajstić information content (AvgIpc) is 2.57. The van der Waals surface area contributed by atoms with Crippen molar-refractivity contribution in [3.05, 3.63) is 70.3 Å². The first-order chi connectivity index (χ1) is 9.16. The zero-order chi connectivity index (χ0) is 13.4. The van der Waals surface area contributed by atoms with Crippen LogP contribution in [-0.2, 0) is 12.8 Å². The quantitative estimate of drug-likeness (QED) is 0.815. The Balaban J connectivity index is 2.09. The molecule has 0 amide bonds. The van der Waals surface area contributed by atoms with Gasteiger partial charge in [-0.25, -0.2) is 0 Å². The molecule has 0 fully saturated rings. The molecule has 1 heteroatoms. The molecule has 1 unspecified atom stereocenters. The largest absolute Gasteiger partial charge is 0.320 e. The van der Waals surface area contributed by atoms with E-state index < -0.39 is 0 Å². The molecule has 0 heterocycles. The van der Waals surface area contributed by atoms with Crippen LogP contribution in [0.1, 0.15) is 53.6 Å². The normalized spacial score (nSPS) is 17.8. The lowest BCUT2D eigenvalue weighted by Gasteiger charge is -2.17. The molecule has 1 nitrogen and oxygen atoms in total. The van der Waals surface area contributed by atoms with Crippen molar-refractivity contribution in [1.82, 2.24) is 0 Å². The lowest BCUT2D eigenvalue weighted by molar-refractivity contribution is 0.839. The van der Waals surface area contributed by atoms with Crippen molar-refractivity contribution in [3.8, 4) is 0 Å². The highest BCUT2D eigenvalue weighted by Gasteiger charge is 2.20. The van der Waals surface area contributed by atoms with Gasteiger partial charge in [-0.05, 0) is 46.6 Å². The van der Waals surface area contributed by atoms with Crippen LogP contribution in [0.25, 0.3) is 0 Å². The summed E-state index contributed by atoms with van der Waals surface area (Å²) in [5, 5.41) is 0. The fourth-order valence-corrected chi connectivity index (χ4v) is 3.01. The van der Waals surface area contributed by atoms with Crippen LogP contribution in [0.5, 0.6) is 0 Å². The summed E-state index contributed by atoms with van der Waals surface area (Å²) in [7, 11) is 0. The molecule has 0 aromatic heterocycles. The molecule has 1 aliphatic carbocycles. The van der Waals surface area contributed by atoms with Gasteiger partial charge in [0.15, 0.2) is 0 Å². The molecule has 2 N–H and O–H groups in total. The van der Waals surface area contributed by atoms with Gasteiger partial charge in [0.1, 0.15) is 0 Å². The van der Waals surface area contributed by atoms with Gasteiger partial charge in [0.25, 0.3) is 0 Å². The first-order valence-electron chi connectivity index (χ1n) is 7.13. The Morgan fingerprint density at radius 3 is 2.42 bits per heavy atom. The minimum Gasteiger partial charge on any atom is -0.320 e. The van der Waals surface area contributed by atoms with Crippen molar-refractivity contribution >= 4 is 0 Å². The third kappa shape index (κ3) is 2.19. The van der Waals surface area contributed by atoms with E-state index in [1.807, 2.05) is 0 Å². The Labute approximate surface area is 115 Å². The molecule has 0 saturated heterocycles. The van der Waals surface area contributed by atoms with E-state index in [4.69, 9.17) is 5.73 Å². The van der Waals surface area contributed by atoms with Crippen LogP contribution < -0.4 is 5.73 Å².